The van der Waals surface area contributed by atoms with Crippen LogP contribution in [0.4, 0.5) is 0 Å². The Kier molecular flexibility index (Phi) is 11.6. The maximum Gasteiger partial charge on any atom is 0.254 e. The predicted octanol–water partition coefficient (Wildman–Crippen LogP) is 5.07. The Bertz CT molecular complexity index is 1260. The molecule has 2 atom stereocenters. The number of nitrogens with one attached hydrogen (secondary N) is 2. The van der Waals surface area contributed by atoms with Crippen LogP contribution in [0.2, 0.25) is 10.0 Å². The summed E-state index contributed by atoms with van der Waals surface area (Å²) >= 11 is 12.4. The number of ether oxygens (including phenoxy) is 1. The Morgan fingerprint density at radius 2 is 1.87 bits per heavy atom. The zero-order valence-electron chi connectivity index (χ0n) is 20.9. The SMILES string of the molecule is Cl.Cl.O=C(c1cc(Cl)cc(Cl)c1)N1CCN(CC#CCC2CNCCO2)C[C@H]1Cc1c[nH]c2ccccc12. The molecule has 6 nitrogen and oxygen atoms in total. The second-order valence-corrected chi connectivity index (χ2v) is 10.2. The largest absolute Gasteiger partial charge is 0.375 e. The number of para-hydroxylation sites is 1. The number of aromatic nitrogens is 1. The van der Waals surface area contributed by atoms with Gasteiger partial charge in [0.05, 0.1) is 19.3 Å². The van der Waals surface area contributed by atoms with Gasteiger partial charge in [0.1, 0.15) is 0 Å². The number of aromatic amines is 1. The van der Waals surface area contributed by atoms with Crippen molar-refractivity contribution in [1.82, 2.24) is 20.1 Å². The van der Waals surface area contributed by atoms with Gasteiger partial charge in [-0.2, -0.15) is 0 Å². The lowest BCUT2D eigenvalue weighted by Crippen LogP contribution is -2.56. The van der Waals surface area contributed by atoms with Gasteiger partial charge in [0, 0.05) is 77.9 Å². The molecule has 2 saturated heterocycles. The molecule has 1 aromatic heterocycles. The minimum Gasteiger partial charge on any atom is -0.375 e. The van der Waals surface area contributed by atoms with Crippen LogP contribution in [0.3, 0.4) is 0 Å². The number of halogens is 4. The van der Waals surface area contributed by atoms with Crippen molar-refractivity contribution >= 4 is 64.8 Å². The van der Waals surface area contributed by atoms with Gasteiger partial charge in [-0.1, -0.05) is 53.2 Å². The summed E-state index contributed by atoms with van der Waals surface area (Å²) in [5, 5.41) is 5.46. The van der Waals surface area contributed by atoms with Crippen LogP contribution >= 0.6 is 48.0 Å². The van der Waals surface area contributed by atoms with Crippen molar-refractivity contribution in [3.63, 3.8) is 0 Å². The number of piperazine rings is 1. The summed E-state index contributed by atoms with van der Waals surface area (Å²) in [4.78, 5) is 21.2. The summed E-state index contributed by atoms with van der Waals surface area (Å²) in [5.74, 6) is 6.57. The van der Waals surface area contributed by atoms with E-state index in [0.717, 1.165) is 51.1 Å². The number of morpholine rings is 1. The number of amides is 1. The number of H-pyrrole nitrogens is 1. The zero-order chi connectivity index (χ0) is 24.9. The monoisotopic (exact) mass is 596 g/mol. The number of hydrogen-bond donors (Lipinski definition) is 2. The van der Waals surface area contributed by atoms with Crippen molar-refractivity contribution in [2.45, 2.75) is 25.0 Å². The summed E-state index contributed by atoms with van der Waals surface area (Å²) in [6, 6.07) is 13.3. The van der Waals surface area contributed by atoms with Crippen molar-refractivity contribution in [1.29, 1.82) is 0 Å². The van der Waals surface area contributed by atoms with Crippen LogP contribution in [-0.4, -0.2) is 78.7 Å². The molecule has 10 heteroatoms. The van der Waals surface area contributed by atoms with Gasteiger partial charge in [-0.25, -0.2) is 0 Å². The molecular formula is C28H32Cl4N4O2. The van der Waals surface area contributed by atoms with Crippen LogP contribution in [0.1, 0.15) is 22.3 Å². The molecule has 1 amide bonds. The molecule has 38 heavy (non-hydrogen) atoms. The van der Waals surface area contributed by atoms with Gasteiger partial charge in [0.15, 0.2) is 0 Å². The zero-order valence-corrected chi connectivity index (χ0v) is 24.1. The molecule has 1 unspecified atom stereocenters. The Morgan fingerprint density at radius 1 is 1.08 bits per heavy atom. The number of fused-ring (bicyclic) bond motifs is 1. The number of nitrogens with zero attached hydrogens (tertiary/aromatic N) is 2. The number of hydrogen-bond acceptors (Lipinski definition) is 4. The first-order valence-corrected chi connectivity index (χ1v) is 13.1. The first-order chi connectivity index (χ1) is 17.6. The van der Waals surface area contributed by atoms with E-state index in [1.165, 1.54) is 10.9 Å². The molecule has 5 rings (SSSR count). The maximum atomic E-state index is 13.6. The lowest BCUT2D eigenvalue weighted by Gasteiger charge is -2.41. The van der Waals surface area contributed by atoms with Crippen molar-refractivity contribution in [2.75, 3.05) is 45.9 Å². The van der Waals surface area contributed by atoms with Crippen LogP contribution in [0.15, 0.2) is 48.7 Å². The fraction of sp³-hybridized carbons (Fsp3) is 0.393. The van der Waals surface area contributed by atoms with Gasteiger partial charge in [-0.05, 0) is 36.2 Å². The van der Waals surface area contributed by atoms with Crippen LogP contribution < -0.4 is 5.32 Å². The average Bonchev–Trinajstić information content (AvgIpc) is 3.29. The molecular weight excluding hydrogens is 566 g/mol. The Hall–Kier alpha value is -1.95. The highest BCUT2D eigenvalue weighted by Gasteiger charge is 2.31. The van der Waals surface area contributed by atoms with Crippen LogP contribution in [-0.2, 0) is 11.2 Å². The summed E-state index contributed by atoms with van der Waals surface area (Å²) in [6.07, 6.45) is 3.70. The minimum absolute atomic E-state index is 0. The second-order valence-electron chi connectivity index (χ2n) is 9.36. The van der Waals surface area contributed by atoms with Gasteiger partial charge >= 0.3 is 0 Å². The molecule has 204 valence electrons. The van der Waals surface area contributed by atoms with Crippen molar-refractivity contribution in [3.8, 4) is 11.8 Å². The number of carbonyl (C=O) groups excluding carboxylic acids is 1. The highest BCUT2D eigenvalue weighted by atomic mass is 35.5. The van der Waals surface area contributed by atoms with Crippen molar-refractivity contribution < 1.29 is 9.53 Å². The third-order valence-corrected chi connectivity index (χ3v) is 7.27. The third-order valence-electron chi connectivity index (χ3n) is 6.83. The Morgan fingerprint density at radius 3 is 2.63 bits per heavy atom. The molecule has 2 aliphatic rings. The fourth-order valence-electron chi connectivity index (χ4n) is 5.01. The number of carbonyl (C=O) groups is 1. The van der Waals surface area contributed by atoms with Gasteiger partial charge in [0.25, 0.3) is 5.91 Å². The molecule has 2 N–H and O–H groups in total. The van der Waals surface area contributed by atoms with E-state index < -0.39 is 0 Å². The van der Waals surface area contributed by atoms with E-state index in [1.54, 1.807) is 18.2 Å². The van der Waals surface area contributed by atoms with Crippen molar-refractivity contribution in [2.24, 2.45) is 0 Å². The topological polar surface area (TPSA) is 60.6 Å². The highest BCUT2D eigenvalue weighted by Crippen LogP contribution is 2.25. The highest BCUT2D eigenvalue weighted by molar-refractivity contribution is 6.35. The Balaban J connectivity index is 0.00000200. The fourth-order valence-corrected chi connectivity index (χ4v) is 5.53. The molecule has 2 fully saturated rings. The van der Waals surface area contributed by atoms with Gasteiger partial charge in [0.2, 0.25) is 0 Å². The first-order valence-electron chi connectivity index (χ1n) is 12.4. The van der Waals surface area contributed by atoms with Gasteiger partial charge in [-0.3, -0.25) is 9.69 Å². The predicted molar refractivity (Wildman–Crippen MR) is 159 cm³/mol. The normalized spacial score (nSPS) is 19.7. The molecule has 3 aromatic rings. The Labute approximate surface area is 246 Å². The van der Waals surface area contributed by atoms with E-state index in [4.69, 9.17) is 27.9 Å². The van der Waals surface area contributed by atoms with Crippen LogP contribution in [0.25, 0.3) is 10.9 Å². The van der Waals surface area contributed by atoms with Crippen LogP contribution in [0, 0.1) is 11.8 Å². The van der Waals surface area contributed by atoms with Crippen molar-refractivity contribution in [3.05, 3.63) is 69.8 Å². The smallest absolute Gasteiger partial charge is 0.254 e. The lowest BCUT2D eigenvalue weighted by molar-refractivity contribution is 0.0321. The third kappa shape index (κ3) is 7.58. The van der Waals surface area contributed by atoms with E-state index in [1.807, 2.05) is 17.0 Å². The second kappa shape index (κ2) is 14.4. The molecule has 0 saturated carbocycles. The molecule has 0 radical (unpaired) electrons. The molecule has 0 aliphatic carbocycles. The van der Waals surface area contributed by atoms with E-state index in [0.29, 0.717) is 28.7 Å². The molecule has 0 bridgehead atoms. The number of benzene rings is 2. The molecule has 0 spiro atoms. The summed E-state index contributed by atoms with van der Waals surface area (Å²) in [7, 11) is 0. The summed E-state index contributed by atoms with van der Waals surface area (Å²) in [6.45, 7) is 5.32. The first kappa shape index (κ1) is 30.6. The summed E-state index contributed by atoms with van der Waals surface area (Å²) < 4.78 is 5.74. The van der Waals surface area contributed by atoms with E-state index in [-0.39, 0.29) is 42.9 Å². The van der Waals surface area contributed by atoms with E-state index >= 15 is 0 Å². The molecule has 3 heterocycles. The standard InChI is InChI=1S/C28H30Cl2N4O2.2ClH/c29-22-13-20(14-23(30)16-22)28(35)34-11-10-33(9-4-3-5-25-18-31-8-12-36-25)19-24(34)15-21-17-32-27-7-2-1-6-26(21)27;;/h1-2,6-7,13-14,16-17,24-25,31-32H,5,8-12,15,18-19H2;2*1H/t24-,25?;;/m1../s1. The van der Waals surface area contributed by atoms with Gasteiger partial charge < -0.3 is 19.9 Å². The average molecular weight is 598 g/mol. The van der Waals surface area contributed by atoms with Crippen LogP contribution in [0.5, 0.6) is 0 Å². The van der Waals surface area contributed by atoms with Gasteiger partial charge in [-0.15, -0.1) is 24.8 Å². The quantitative estimate of drug-likeness (QED) is 0.403. The lowest BCUT2D eigenvalue weighted by atomic mass is 10.00. The molecule has 2 aliphatic heterocycles. The molecule has 2 aromatic carbocycles. The van der Waals surface area contributed by atoms with E-state index in [2.05, 4.69) is 45.4 Å². The summed E-state index contributed by atoms with van der Waals surface area (Å²) in [5.41, 5.74) is 2.82. The minimum atomic E-state index is -0.0445. The maximum absolute atomic E-state index is 13.6. The van der Waals surface area contributed by atoms with E-state index in [9.17, 15) is 4.79 Å². The number of rotatable bonds is 5.